The number of aromatic nitrogens is 1. The summed E-state index contributed by atoms with van der Waals surface area (Å²) in [5.41, 5.74) is 1.54. The Hall–Kier alpha value is -1.95. The smallest absolute Gasteiger partial charge is 0.309 e. The van der Waals surface area contributed by atoms with Gasteiger partial charge in [-0.25, -0.2) is 4.98 Å². The molecule has 0 radical (unpaired) electrons. The van der Waals surface area contributed by atoms with Crippen molar-refractivity contribution in [1.29, 1.82) is 0 Å². The summed E-state index contributed by atoms with van der Waals surface area (Å²) < 4.78 is 6.16. The number of esters is 1. The van der Waals surface area contributed by atoms with Crippen LogP contribution < -0.4 is 0 Å². The maximum Gasteiger partial charge on any atom is 0.309 e. The van der Waals surface area contributed by atoms with Crippen molar-refractivity contribution in [2.45, 2.75) is 26.7 Å². The Morgan fingerprint density at radius 3 is 2.78 bits per heavy atom. The number of fused-ring (bicyclic) bond motifs is 1. The third-order valence-corrected chi connectivity index (χ3v) is 5.10. The highest BCUT2D eigenvalue weighted by molar-refractivity contribution is 7.18. The van der Waals surface area contributed by atoms with Crippen LogP contribution in [0.15, 0.2) is 18.2 Å². The number of rotatable bonds is 3. The third kappa shape index (κ3) is 3.37. The van der Waals surface area contributed by atoms with Gasteiger partial charge in [0.1, 0.15) is 0 Å². The monoisotopic (exact) mass is 332 g/mol. The molecule has 0 saturated carbocycles. The summed E-state index contributed by atoms with van der Waals surface area (Å²) in [5, 5.41) is 1.000. The number of aryl methyl sites for hydroxylation is 1. The molecule has 2 aromatic rings. The van der Waals surface area contributed by atoms with E-state index < -0.39 is 0 Å². The number of amides is 1. The summed E-state index contributed by atoms with van der Waals surface area (Å²) in [6, 6.07) is 5.68. The quantitative estimate of drug-likeness (QED) is 0.811. The van der Waals surface area contributed by atoms with Crippen LogP contribution in [0.2, 0.25) is 0 Å². The summed E-state index contributed by atoms with van der Waals surface area (Å²) in [7, 11) is 0. The Labute approximate surface area is 139 Å². The number of thiazole rings is 1. The van der Waals surface area contributed by atoms with E-state index in [9.17, 15) is 9.59 Å². The number of nitrogens with zero attached hydrogens (tertiary/aromatic N) is 2. The highest BCUT2D eigenvalue weighted by atomic mass is 32.1. The van der Waals surface area contributed by atoms with Crippen molar-refractivity contribution in [3.63, 3.8) is 0 Å². The molecule has 2 heterocycles. The Morgan fingerprint density at radius 1 is 1.35 bits per heavy atom. The van der Waals surface area contributed by atoms with Crippen molar-refractivity contribution >= 4 is 33.4 Å². The third-order valence-electron chi connectivity index (χ3n) is 4.14. The molecule has 0 aliphatic carbocycles. The van der Waals surface area contributed by atoms with Gasteiger partial charge >= 0.3 is 5.97 Å². The van der Waals surface area contributed by atoms with E-state index in [4.69, 9.17) is 4.74 Å². The van der Waals surface area contributed by atoms with Crippen LogP contribution in [0, 0.1) is 12.8 Å². The number of carbonyl (C=O) groups is 2. The molecule has 1 aromatic carbocycles. The highest BCUT2D eigenvalue weighted by Gasteiger charge is 2.28. The van der Waals surface area contributed by atoms with Gasteiger partial charge in [0.15, 0.2) is 0 Å². The first-order valence-corrected chi connectivity index (χ1v) is 8.73. The maximum absolute atomic E-state index is 12.6. The molecule has 0 unspecified atom stereocenters. The topological polar surface area (TPSA) is 59.5 Å². The minimum Gasteiger partial charge on any atom is -0.466 e. The predicted octanol–water partition coefficient (Wildman–Crippen LogP) is 3.02. The molecule has 5 nitrogen and oxygen atoms in total. The Balaban J connectivity index is 1.67. The van der Waals surface area contributed by atoms with Gasteiger partial charge in [0, 0.05) is 18.7 Å². The Kier molecular flexibility index (Phi) is 4.61. The number of carbonyl (C=O) groups excluding carboxylic acids is 2. The number of ether oxygens (including phenoxy) is 1. The van der Waals surface area contributed by atoms with Gasteiger partial charge in [-0.05, 0) is 44.9 Å². The van der Waals surface area contributed by atoms with Crippen molar-refractivity contribution in [2.24, 2.45) is 5.92 Å². The van der Waals surface area contributed by atoms with Crippen molar-refractivity contribution in [3.05, 3.63) is 28.8 Å². The predicted molar refractivity (Wildman–Crippen MR) is 89.6 cm³/mol. The lowest BCUT2D eigenvalue weighted by atomic mass is 9.96. The van der Waals surface area contributed by atoms with Crippen LogP contribution in [0.1, 0.15) is 35.1 Å². The normalized spacial score (nSPS) is 15.8. The molecule has 6 heteroatoms. The Bertz CT molecular complexity index is 733. The van der Waals surface area contributed by atoms with Gasteiger partial charge in [0.2, 0.25) is 0 Å². The largest absolute Gasteiger partial charge is 0.466 e. The molecule has 1 aliphatic rings. The first-order valence-electron chi connectivity index (χ1n) is 7.91. The van der Waals surface area contributed by atoms with Gasteiger partial charge < -0.3 is 9.64 Å². The second-order valence-electron chi connectivity index (χ2n) is 5.73. The van der Waals surface area contributed by atoms with Gasteiger partial charge in [-0.1, -0.05) is 0 Å². The second kappa shape index (κ2) is 6.66. The average Bonchev–Trinajstić information content (AvgIpc) is 2.93. The van der Waals surface area contributed by atoms with Crippen molar-refractivity contribution in [2.75, 3.05) is 19.7 Å². The molecule has 1 fully saturated rings. The zero-order valence-corrected chi connectivity index (χ0v) is 14.2. The average molecular weight is 332 g/mol. The van der Waals surface area contributed by atoms with E-state index in [0.29, 0.717) is 38.1 Å². The van der Waals surface area contributed by atoms with Gasteiger partial charge in [-0.2, -0.15) is 0 Å². The summed E-state index contributed by atoms with van der Waals surface area (Å²) in [4.78, 5) is 30.7. The van der Waals surface area contributed by atoms with E-state index in [2.05, 4.69) is 4.98 Å². The molecule has 0 spiro atoms. The summed E-state index contributed by atoms with van der Waals surface area (Å²) in [6.07, 6.45) is 1.34. The van der Waals surface area contributed by atoms with E-state index in [1.165, 1.54) is 0 Å². The lowest BCUT2D eigenvalue weighted by Gasteiger charge is -2.30. The molecule has 23 heavy (non-hydrogen) atoms. The number of hydrogen-bond acceptors (Lipinski definition) is 5. The van der Waals surface area contributed by atoms with Crippen LogP contribution in [0.4, 0.5) is 0 Å². The highest BCUT2D eigenvalue weighted by Crippen LogP contribution is 2.25. The Morgan fingerprint density at radius 2 is 2.09 bits per heavy atom. The standard InChI is InChI=1S/C17H20N2O3S/c1-3-22-17(21)12-6-8-19(9-7-12)16(20)13-4-5-15-14(10-13)18-11(2)23-15/h4-5,10,12H,3,6-9H2,1-2H3. The van der Waals surface area contributed by atoms with Crippen LogP contribution in [-0.4, -0.2) is 41.5 Å². The molecule has 1 aromatic heterocycles. The van der Waals surface area contributed by atoms with E-state index >= 15 is 0 Å². The van der Waals surface area contributed by atoms with Crippen molar-refractivity contribution < 1.29 is 14.3 Å². The molecule has 1 amide bonds. The maximum atomic E-state index is 12.6. The molecule has 0 atom stereocenters. The van der Waals surface area contributed by atoms with Crippen LogP contribution in [0.5, 0.6) is 0 Å². The van der Waals surface area contributed by atoms with Crippen LogP contribution in [0.3, 0.4) is 0 Å². The number of benzene rings is 1. The van der Waals surface area contributed by atoms with Gasteiger partial charge in [-0.15, -0.1) is 11.3 Å². The lowest BCUT2D eigenvalue weighted by Crippen LogP contribution is -2.40. The minimum atomic E-state index is -0.140. The SMILES string of the molecule is CCOC(=O)C1CCN(C(=O)c2ccc3sc(C)nc3c2)CC1. The molecule has 122 valence electrons. The zero-order valence-electron chi connectivity index (χ0n) is 13.4. The first-order chi connectivity index (χ1) is 11.1. The van der Waals surface area contributed by atoms with Crippen LogP contribution in [0.25, 0.3) is 10.2 Å². The fourth-order valence-corrected chi connectivity index (χ4v) is 3.74. The van der Waals surface area contributed by atoms with Gasteiger partial charge in [-0.3, -0.25) is 9.59 Å². The van der Waals surface area contributed by atoms with Crippen molar-refractivity contribution in [1.82, 2.24) is 9.88 Å². The van der Waals surface area contributed by atoms with E-state index in [1.54, 1.807) is 11.3 Å². The van der Waals surface area contributed by atoms with Gasteiger partial charge in [0.25, 0.3) is 5.91 Å². The van der Waals surface area contributed by atoms with Crippen LogP contribution in [-0.2, 0) is 9.53 Å². The molecule has 0 bridgehead atoms. The summed E-state index contributed by atoms with van der Waals surface area (Å²) >= 11 is 1.63. The van der Waals surface area contributed by atoms with Crippen LogP contribution >= 0.6 is 11.3 Å². The summed E-state index contributed by atoms with van der Waals surface area (Å²) in [5.74, 6) is -0.207. The van der Waals surface area contributed by atoms with Gasteiger partial charge in [0.05, 0.1) is 27.7 Å². The second-order valence-corrected chi connectivity index (χ2v) is 6.97. The molecular formula is C17H20N2O3S. The molecule has 1 saturated heterocycles. The van der Waals surface area contributed by atoms with E-state index in [1.807, 2.05) is 36.9 Å². The molecule has 1 aliphatic heterocycles. The fourth-order valence-electron chi connectivity index (χ4n) is 2.94. The first kappa shape index (κ1) is 15.9. The summed E-state index contributed by atoms with van der Waals surface area (Å²) in [6.45, 7) is 5.37. The zero-order chi connectivity index (χ0) is 16.4. The number of hydrogen-bond donors (Lipinski definition) is 0. The lowest BCUT2D eigenvalue weighted by molar-refractivity contribution is -0.149. The number of likely N-dealkylation sites (tertiary alicyclic amines) is 1. The molecular weight excluding hydrogens is 312 g/mol. The molecule has 0 N–H and O–H groups in total. The fraction of sp³-hybridized carbons (Fsp3) is 0.471. The van der Waals surface area contributed by atoms with E-state index in [0.717, 1.165) is 15.2 Å². The van der Waals surface area contributed by atoms with E-state index in [-0.39, 0.29) is 17.8 Å². The van der Waals surface area contributed by atoms with Crippen molar-refractivity contribution in [3.8, 4) is 0 Å². The minimum absolute atomic E-state index is 0.0138. The number of piperidine rings is 1. The molecule has 3 rings (SSSR count).